The van der Waals surface area contributed by atoms with Crippen molar-refractivity contribution in [3.8, 4) is 11.1 Å². The zero-order chi connectivity index (χ0) is 17.6. The van der Waals surface area contributed by atoms with Crippen molar-refractivity contribution < 1.29 is 26.6 Å². The molecule has 1 aromatic heterocycles. The van der Waals surface area contributed by atoms with Crippen LogP contribution in [0.1, 0.15) is 17.3 Å². The first-order valence-electron chi connectivity index (χ1n) is 8.07. The lowest BCUT2D eigenvalue weighted by molar-refractivity contribution is -0.683. The van der Waals surface area contributed by atoms with Gasteiger partial charge in [0.1, 0.15) is 0 Å². The van der Waals surface area contributed by atoms with Crippen LogP contribution in [-0.2, 0) is 11.3 Å². The van der Waals surface area contributed by atoms with E-state index in [4.69, 9.17) is 0 Å². The summed E-state index contributed by atoms with van der Waals surface area (Å²) in [6.07, 6.45) is 3.56. The standard InChI is InChI=1S/C21H18N2O2.ClH/c1-16(24)22-20-11-13-23(14-12-20)15-21(25)19-9-7-18(8-10-19)17-5-3-2-4-6-17;/h2-14H,15H2,1H3;1H. The zero-order valence-corrected chi connectivity index (χ0v) is 15.1. The Balaban J connectivity index is 0.00000243. The molecule has 3 aromatic rings. The van der Waals surface area contributed by atoms with Crippen molar-refractivity contribution in [2.24, 2.45) is 0 Å². The number of nitrogens with zero attached hydrogens (tertiary/aromatic N) is 1. The monoisotopic (exact) mass is 366 g/mol. The van der Waals surface area contributed by atoms with Gasteiger partial charge in [0.15, 0.2) is 12.4 Å². The van der Waals surface area contributed by atoms with E-state index in [1.165, 1.54) is 6.92 Å². The molecular weight excluding hydrogens is 348 g/mol. The van der Waals surface area contributed by atoms with Crippen molar-refractivity contribution in [1.82, 2.24) is 0 Å². The number of hydrogen-bond acceptors (Lipinski definition) is 2. The number of carbonyl (C=O) groups excluding carboxylic acids is 2. The first-order valence-corrected chi connectivity index (χ1v) is 8.07. The fourth-order valence-corrected chi connectivity index (χ4v) is 2.59. The van der Waals surface area contributed by atoms with Gasteiger partial charge < -0.3 is 17.7 Å². The molecule has 0 saturated carbocycles. The quantitative estimate of drug-likeness (QED) is 0.527. The van der Waals surface area contributed by atoms with E-state index in [1.807, 2.05) is 54.6 Å². The van der Waals surface area contributed by atoms with Gasteiger partial charge in [-0.2, -0.15) is 4.57 Å². The summed E-state index contributed by atoms with van der Waals surface area (Å²) in [6.45, 7) is 1.72. The number of carbonyl (C=O) groups is 2. The molecule has 0 aliphatic rings. The number of anilines is 1. The minimum absolute atomic E-state index is 0. The van der Waals surface area contributed by atoms with E-state index in [9.17, 15) is 9.59 Å². The van der Waals surface area contributed by atoms with Crippen LogP contribution < -0.4 is 22.3 Å². The minimum Gasteiger partial charge on any atom is -1.00 e. The van der Waals surface area contributed by atoms with Crippen LogP contribution >= 0.6 is 0 Å². The number of nitrogens with one attached hydrogen (secondary N) is 1. The smallest absolute Gasteiger partial charge is 0.227 e. The molecule has 26 heavy (non-hydrogen) atoms. The molecule has 1 heterocycles. The summed E-state index contributed by atoms with van der Waals surface area (Å²) in [5.41, 5.74) is 3.61. The Kier molecular flexibility index (Phi) is 6.64. The van der Waals surface area contributed by atoms with Crippen LogP contribution in [0.5, 0.6) is 0 Å². The predicted octanol–water partition coefficient (Wildman–Crippen LogP) is 0.486. The molecule has 1 N–H and O–H groups in total. The average molecular weight is 367 g/mol. The first kappa shape index (κ1) is 19.3. The second kappa shape index (κ2) is 8.92. The van der Waals surface area contributed by atoms with Crippen molar-refractivity contribution in [2.75, 3.05) is 5.32 Å². The summed E-state index contributed by atoms with van der Waals surface area (Å²) >= 11 is 0. The molecular formula is C21H19ClN2O2. The highest BCUT2D eigenvalue weighted by Gasteiger charge is 2.12. The van der Waals surface area contributed by atoms with E-state index in [2.05, 4.69) is 5.32 Å². The third kappa shape index (κ3) is 5.01. The van der Waals surface area contributed by atoms with E-state index in [-0.39, 0.29) is 30.6 Å². The molecule has 5 heteroatoms. The van der Waals surface area contributed by atoms with Gasteiger partial charge in [0.05, 0.1) is 5.69 Å². The average Bonchev–Trinajstić information content (AvgIpc) is 2.64. The van der Waals surface area contributed by atoms with Crippen LogP contribution in [0, 0.1) is 0 Å². The van der Waals surface area contributed by atoms with Crippen LogP contribution in [0.4, 0.5) is 5.69 Å². The fourth-order valence-electron chi connectivity index (χ4n) is 2.59. The van der Waals surface area contributed by atoms with Gasteiger partial charge in [0.2, 0.25) is 18.2 Å². The number of pyridine rings is 1. The summed E-state index contributed by atoms with van der Waals surface area (Å²) in [5.74, 6) is -0.0794. The Morgan fingerprint density at radius 1 is 0.846 bits per heavy atom. The SMILES string of the molecule is CC(=O)Nc1cc[n+](CC(=O)c2ccc(-c3ccccc3)cc2)cc1.[Cl-]. The van der Waals surface area contributed by atoms with Gasteiger partial charge in [0.25, 0.3) is 0 Å². The van der Waals surface area contributed by atoms with Crippen molar-refractivity contribution in [3.63, 3.8) is 0 Å². The van der Waals surface area contributed by atoms with Crippen LogP contribution in [0.25, 0.3) is 11.1 Å². The van der Waals surface area contributed by atoms with E-state index < -0.39 is 0 Å². The number of rotatable bonds is 5. The van der Waals surface area contributed by atoms with Crippen LogP contribution in [-0.4, -0.2) is 11.7 Å². The van der Waals surface area contributed by atoms with Crippen LogP contribution in [0.15, 0.2) is 79.1 Å². The summed E-state index contributed by atoms with van der Waals surface area (Å²) in [7, 11) is 0. The number of ketones is 1. The number of amides is 1. The number of hydrogen-bond donors (Lipinski definition) is 1. The zero-order valence-electron chi connectivity index (χ0n) is 14.4. The molecule has 0 unspecified atom stereocenters. The van der Waals surface area contributed by atoms with E-state index >= 15 is 0 Å². The molecule has 2 aromatic carbocycles. The van der Waals surface area contributed by atoms with Crippen molar-refractivity contribution in [3.05, 3.63) is 84.7 Å². The molecule has 0 aliphatic heterocycles. The molecule has 1 amide bonds. The Hall–Kier alpha value is -2.98. The maximum absolute atomic E-state index is 12.4. The molecule has 0 fully saturated rings. The lowest BCUT2D eigenvalue weighted by Crippen LogP contribution is -3.00. The maximum Gasteiger partial charge on any atom is 0.227 e. The van der Waals surface area contributed by atoms with Gasteiger partial charge in [-0.3, -0.25) is 9.59 Å². The van der Waals surface area contributed by atoms with Gasteiger partial charge in [-0.25, -0.2) is 0 Å². The molecule has 132 valence electrons. The predicted molar refractivity (Wildman–Crippen MR) is 97.1 cm³/mol. The number of benzene rings is 2. The number of aromatic nitrogens is 1. The Labute approximate surface area is 158 Å². The van der Waals surface area contributed by atoms with Crippen LogP contribution in [0.2, 0.25) is 0 Å². The highest BCUT2D eigenvalue weighted by molar-refractivity contribution is 5.95. The number of halogens is 1. The maximum atomic E-state index is 12.4. The third-order valence-corrected chi connectivity index (χ3v) is 3.85. The summed E-state index contributed by atoms with van der Waals surface area (Å²) in [4.78, 5) is 23.5. The molecule has 4 nitrogen and oxygen atoms in total. The van der Waals surface area contributed by atoms with Gasteiger partial charge in [-0.15, -0.1) is 0 Å². The van der Waals surface area contributed by atoms with E-state index in [1.54, 1.807) is 29.1 Å². The highest BCUT2D eigenvalue weighted by Crippen LogP contribution is 2.19. The molecule has 0 bridgehead atoms. The van der Waals surface area contributed by atoms with Crippen molar-refractivity contribution in [1.29, 1.82) is 0 Å². The first-order chi connectivity index (χ1) is 12.1. The fraction of sp³-hybridized carbons (Fsp3) is 0.0952. The Bertz CT molecular complexity index is 876. The largest absolute Gasteiger partial charge is 1.00 e. The molecule has 0 aliphatic carbocycles. The molecule has 0 saturated heterocycles. The Morgan fingerprint density at radius 2 is 1.42 bits per heavy atom. The van der Waals surface area contributed by atoms with Gasteiger partial charge >= 0.3 is 0 Å². The van der Waals surface area contributed by atoms with Gasteiger partial charge in [-0.1, -0.05) is 54.6 Å². The normalized spacial score (nSPS) is 9.88. The number of Topliss-reactive ketones (excluding diaryl/α,β-unsaturated/α-hetero) is 1. The van der Waals surface area contributed by atoms with Crippen LogP contribution in [0.3, 0.4) is 0 Å². The second-order valence-corrected chi connectivity index (χ2v) is 5.81. The summed E-state index contributed by atoms with van der Waals surface area (Å²) in [5, 5.41) is 2.70. The molecule has 0 atom stereocenters. The van der Waals surface area contributed by atoms with Gasteiger partial charge in [0, 0.05) is 24.6 Å². The third-order valence-electron chi connectivity index (χ3n) is 3.85. The summed E-state index contributed by atoms with van der Waals surface area (Å²) < 4.78 is 1.79. The topological polar surface area (TPSA) is 50.1 Å². The molecule has 0 radical (unpaired) electrons. The van der Waals surface area contributed by atoms with E-state index in [0.29, 0.717) is 11.3 Å². The highest BCUT2D eigenvalue weighted by atomic mass is 35.5. The minimum atomic E-state index is -0.118. The second-order valence-electron chi connectivity index (χ2n) is 5.81. The lowest BCUT2D eigenvalue weighted by Gasteiger charge is -2.04. The van der Waals surface area contributed by atoms with E-state index in [0.717, 1.165) is 11.1 Å². The Morgan fingerprint density at radius 3 is 2.00 bits per heavy atom. The van der Waals surface area contributed by atoms with Crippen molar-refractivity contribution in [2.45, 2.75) is 13.5 Å². The summed E-state index contributed by atoms with van der Waals surface area (Å²) in [6, 6.07) is 21.3. The molecule has 3 rings (SSSR count). The molecule has 0 spiro atoms. The van der Waals surface area contributed by atoms with Crippen molar-refractivity contribution >= 4 is 17.4 Å². The van der Waals surface area contributed by atoms with Gasteiger partial charge in [-0.05, 0) is 11.1 Å². The lowest BCUT2D eigenvalue weighted by atomic mass is 10.0.